The summed E-state index contributed by atoms with van der Waals surface area (Å²) in [4.78, 5) is 13.6. The van der Waals surface area contributed by atoms with E-state index >= 15 is 0 Å². The topological polar surface area (TPSA) is 56.5 Å². The first-order valence-electron chi connectivity index (χ1n) is 12.1. The summed E-state index contributed by atoms with van der Waals surface area (Å²) in [7, 11) is 0. The van der Waals surface area contributed by atoms with Gasteiger partial charge in [0.25, 0.3) is 5.01 Å². The number of aryl methyl sites for hydroxylation is 1. The van der Waals surface area contributed by atoms with Crippen molar-refractivity contribution in [2.24, 2.45) is 0 Å². The fourth-order valence-corrected chi connectivity index (χ4v) is 7.71. The maximum atomic E-state index is 11.2. The molecule has 0 saturated heterocycles. The van der Waals surface area contributed by atoms with E-state index in [9.17, 15) is 9.90 Å². The maximum Gasteiger partial charge on any atom is 0.268 e. The van der Waals surface area contributed by atoms with Crippen LogP contribution in [0.5, 0.6) is 0 Å². The smallest absolute Gasteiger partial charge is 0.268 e. The molecule has 2 atom stereocenters. The molecule has 0 bridgehead atoms. The molecule has 2 aromatic carbocycles. The van der Waals surface area contributed by atoms with Gasteiger partial charge in [0.05, 0.1) is 17.8 Å². The first-order valence-corrected chi connectivity index (χ1v) is 12.9. The lowest BCUT2D eigenvalue weighted by Crippen LogP contribution is -2.48. The number of benzene rings is 2. The van der Waals surface area contributed by atoms with Crippen LogP contribution < -0.4 is 14.6 Å². The second-order valence-corrected chi connectivity index (χ2v) is 11.3. The summed E-state index contributed by atoms with van der Waals surface area (Å²) in [5.41, 5.74) is 8.14. The number of carbonyl (C=O) groups excluding carboxylic acids is 1. The zero-order valence-electron chi connectivity index (χ0n) is 19.3. The van der Waals surface area contributed by atoms with Gasteiger partial charge in [-0.25, -0.2) is 0 Å². The molecule has 0 fully saturated rings. The molecule has 5 nitrogen and oxygen atoms in total. The summed E-state index contributed by atoms with van der Waals surface area (Å²) in [5.74, 6) is -1.04. The SMILES string of the molecule is CC1(C)C2=C3C=C4c5sc6ccccc6[n+]5CCC4OC3CCN2c2ccc(CC(=O)[O-])cc21. The second-order valence-electron chi connectivity index (χ2n) is 10.3. The molecule has 6 heteroatoms. The third-order valence-corrected chi connectivity index (χ3v) is 9.14. The number of thiazole rings is 1. The number of fused-ring (bicyclic) bond motifs is 9. The average Bonchev–Trinajstić information content (AvgIpc) is 3.31. The number of aliphatic carboxylic acids is 1. The van der Waals surface area contributed by atoms with Gasteiger partial charge in [0.1, 0.15) is 4.70 Å². The Morgan fingerprint density at radius 1 is 1.21 bits per heavy atom. The number of hydrogen-bond donors (Lipinski definition) is 0. The van der Waals surface area contributed by atoms with Gasteiger partial charge in [0.2, 0.25) is 5.52 Å². The minimum absolute atomic E-state index is 0.0569. The van der Waals surface area contributed by atoms with Crippen molar-refractivity contribution in [3.63, 3.8) is 0 Å². The molecule has 0 N–H and O–H groups in total. The summed E-state index contributed by atoms with van der Waals surface area (Å²) in [6, 6.07) is 14.7. The van der Waals surface area contributed by atoms with Crippen molar-refractivity contribution in [3.8, 4) is 0 Å². The molecule has 172 valence electrons. The summed E-state index contributed by atoms with van der Waals surface area (Å²) in [5, 5.41) is 12.5. The van der Waals surface area contributed by atoms with Crippen LogP contribution in [-0.2, 0) is 27.9 Å². The van der Waals surface area contributed by atoms with E-state index in [0.717, 1.165) is 31.5 Å². The van der Waals surface area contributed by atoms with Crippen LogP contribution in [0.25, 0.3) is 15.8 Å². The highest BCUT2D eigenvalue weighted by Crippen LogP contribution is 2.53. The lowest BCUT2D eigenvalue weighted by Gasteiger charge is -2.41. The minimum Gasteiger partial charge on any atom is -0.550 e. The van der Waals surface area contributed by atoms with E-state index in [4.69, 9.17) is 4.74 Å². The molecule has 0 saturated carbocycles. The standard InChI is InChI=1S/C28H26N2O3S/c1-28(2)19-13-16(14-25(31)32)7-8-20(19)29-11-9-22-17(26(28)29)15-18-23(33-22)10-12-30-21-5-3-4-6-24(21)34-27(18)30/h3-8,13,15,22-23H,9-12,14H2,1-2H3. The monoisotopic (exact) mass is 470 g/mol. The van der Waals surface area contributed by atoms with Gasteiger partial charge in [-0.15, -0.1) is 0 Å². The molecule has 4 aliphatic heterocycles. The Bertz CT molecular complexity index is 1450. The van der Waals surface area contributed by atoms with Crippen molar-refractivity contribution >= 4 is 38.8 Å². The normalized spacial score (nSPS) is 24.2. The maximum absolute atomic E-state index is 11.2. The Hall–Kier alpha value is -2.96. The van der Waals surface area contributed by atoms with E-state index in [1.165, 1.54) is 43.3 Å². The molecule has 3 aromatic rings. The molecule has 5 heterocycles. The number of rotatable bonds is 2. The molecular weight excluding hydrogens is 444 g/mol. The van der Waals surface area contributed by atoms with Crippen LogP contribution in [0.2, 0.25) is 0 Å². The van der Waals surface area contributed by atoms with Crippen LogP contribution >= 0.6 is 11.3 Å². The molecule has 0 spiro atoms. The van der Waals surface area contributed by atoms with Gasteiger partial charge in [0, 0.05) is 53.8 Å². The lowest BCUT2D eigenvalue weighted by molar-refractivity contribution is -0.674. The van der Waals surface area contributed by atoms with Crippen molar-refractivity contribution in [2.75, 3.05) is 11.4 Å². The highest BCUT2D eigenvalue weighted by molar-refractivity contribution is 7.19. The Labute approximate surface area is 202 Å². The van der Waals surface area contributed by atoms with Crippen molar-refractivity contribution in [1.29, 1.82) is 0 Å². The second kappa shape index (κ2) is 7.03. The van der Waals surface area contributed by atoms with Gasteiger partial charge < -0.3 is 19.5 Å². The van der Waals surface area contributed by atoms with Crippen LogP contribution in [0, 0.1) is 0 Å². The van der Waals surface area contributed by atoms with Gasteiger partial charge in [-0.3, -0.25) is 0 Å². The zero-order valence-corrected chi connectivity index (χ0v) is 20.2. The molecule has 1 aromatic heterocycles. The van der Waals surface area contributed by atoms with E-state index in [1.807, 2.05) is 17.4 Å². The van der Waals surface area contributed by atoms with Crippen LogP contribution in [-0.4, -0.2) is 24.7 Å². The van der Waals surface area contributed by atoms with E-state index in [-0.39, 0.29) is 24.0 Å². The number of carboxylic acid groups (broad SMARTS) is 1. The number of carboxylic acids is 1. The van der Waals surface area contributed by atoms with E-state index in [1.54, 1.807) is 0 Å². The predicted octanol–water partition coefficient (Wildman–Crippen LogP) is 3.49. The number of anilines is 1. The molecular formula is C28H26N2O3S. The molecule has 4 aliphatic rings. The van der Waals surface area contributed by atoms with E-state index < -0.39 is 5.97 Å². The molecule has 0 amide bonds. The number of carbonyl (C=O) groups is 1. The molecule has 0 aliphatic carbocycles. The van der Waals surface area contributed by atoms with Crippen molar-refractivity contribution in [1.82, 2.24) is 0 Å². The van der Waals surface area contributed by atoms with Gasteiger partial charge in [-0.2, -0.15) is 4.57 Å². The summed E-state index contributed by atoms with van der Waals surface area (Å²) in [6.45, 7) is 6.41. The third kappa shape index (κ3) is 2.75. The van der Waals surface area contributed by atoms with Crippen LogP contribution in [0.4, 0.5) is 5.69 Å². The Balaban J connectivity index is 1.40. The van der Waals surface area contributed by atoms with Crippen LogP contribution in [0.3, 0.4) is 0 Å². The molecule has 0 radical (unpaired) electrons. The largest absolute Gasteiger partial charge is 0.550 e. The summed E-state index contributed by atoms with van der Waals surface area (Å²) >= 11 is 1.86. The number of aromatic nitrogens is 1. The molecule has 7 rings (SSSR count). The van der Waals surface area contributed by atoms with Crippen molar-refractivity contribution in [2.45, 2.75) is 57.3 Å². The quantitative estimate of drug-likeness (QED) is 0.538. The van der Waals surface area contributed by atoms with E-state index in [2.05, 4.69) is 65.8 Å². The van der Waals surface area contributed by atoms with Crippen LogP contribution in [0.1, 0.15) is 42.8 Å². The summed E-state index contributed by atoms with van der Waals surface area (Å²) in [6.07, 6.45) is 4.59. The Morgan fingerprint density at radius 3 is 2.91 bits per heavy atom. The highest BCUT2D eigenvalue weighted by atomic mass is 32.1. The first kappa shape index (κ1) is 20.4. The fraction of sp³-hybridized carbons (Fsp3) is 0.357. The van der Waals surface area contributed by atoms with Gasteiger partial charge in [-0.05, 0) is 35.8 Å². The average molecular weight is 471 g/mol. The Kier molecular flexibility index (Phi) is 4.22. The molecule has 2 unspecified atom stereocenters. The van der Waals surface area contributed by atoms with Crippen LogP contribution in [0.15, 0.2) is 59.8 Å². The van der Waals surface area contributed by atoms with Crippen molar-refractivity contribution in [3.05, 3.63) is 75.9 Å². The first-order chi connectivity index (χ1) is 16.4. The van der Waals surface area contributed by atoms with Gasteiger partial charge >= 0.3 is 0 Å². The number of hydrogen-bond acceptors (Lipinski definition) is 5. The number of para-hydroxylation sites is 1. The zero-order chi connectivity index (χ0) is 23.2. The Morgan fingerprint density at radius 2 is 2.06 bits per heavy atom. The van der Waals surface area contributed by atoms with Crippen molar-refractivity contribution < 1.29 is 19.2 Å². The lowest BCUT2D eigenvalue weighted by atomic mass is 9.78. The van der Waals surface area contributed by atoms with Gasteiger partial charge in [-0.1, -0.05) is 49.4 Å². The van der Waals surface area contributed by atoms with E-state index in [0.29, 0.717) is 0 Å². The van der Waals surface area contributed by atoms with Gasteiger partial charge in [0.15, 0.2) is 6.54 Å². The highest BCUT2D eigenvalue weighted by Gasteiger charge is 2.48. The number of nitrogens with zero attached hydrogens (tertiary/aromatic N) is 2. The molecule has 34 heavy (non-hydrogen) atoms. The summed E-state index contributed by atoms with van der Waals surface area (Å²) < 4.78 is 10.6. The third-order valence-electron chi connectivity index (χ3n) is 7.93. The number of ether oxygens (including phenoxy) is 1. The number of allylic oxidation sites excluding steroid dienone is 1. The minimum atomic E-state index is -1.04. The fourth-order valence-electron chi connectivity index (χ4n) is 6.46. The predicted molar refractivity (Wildman–Crippen MR) is 130 cm³/mol.